The maximum Gasteiger partial charge on any atom is 0.227 e. The fraction of sp³-hybridized carbons (Fsp3) is 0.381. The molecule has 1 saturated heterocycles. The molecule has 3 rings (SSSR count). The molecule has 6 heteroatoms. The smallest absolute Gasteiger partial charge is 0.227 e. The molecule has 1 heterocycles. The molecular weight excluding hydrogens is 364 g/mol. The fourth-order valence-electron chi connectivity index (χ4n) is 3.49. The van der Waals surface area contributed by atoms with E-state index in [1.807, 2.05) is 25.2 Å². The molecule has 1 unspecified atom stereocenters. The number of benzene rings is 2. The Labute approximate surface area is 166 Å². The molecule has 0 spiro atoms. The number of nitrogens with zero attached hydrogens (tertiary/aromatic N) is 2. The second kappa shape index (κ2) is 9.62. The van der Waals surface area contributed by atoms with Gasteiger partial charge >= 0.3 is 0 Å². The van der Waals surface area contributed by atoms with Crippen LogP contribution in [0.25, 0.3) is 0 Å². The van der Waals surface area contributed by atoms with E-state index in [1.54, 1.807) is 11.0 Å². The molecule has 1 atom stereocenters. The first kappa shape index (κ1) is 21.1. The number of aromatic hydroxyl groups is 2. The Morgan fingerprint density at radius 2 is 1.74 bits per heavy atom. The summed E-state index contributed by atoms with van der Waals surface area (Å²) in [5.74, 6) is -0.386. The van der Waals surface area contributed by atoms with Crippen LogP contribution in [0.2, 0.25) is 0 Å². The van der Waals surface area contributed by atoms with Gasteiger partial charge in [0.05, 0.1) is 12.5 Å². The predicted octanol–water partition coefficient (Wildman–Crippen LogP) is 3.36. The van der Waals surface area contributed by atoms with Gasteiger partial charge in [-0.1, -0.05) is 36.4 Å². The molecule has 0 aliphatic carbocycles. The normalized spacial score (nSPS) is 15.1. The van der Waals surface area contributed by atoms with E-state index in [0.29, 0.717) is 5.56 Å². The quantitative estimate of drug-likeness (QED) is 0.742. The number of phenolic OH excluding ortho intramolecular Hbond substituents is 2. The second-order valence-corrected chi connectivity index (χ2v) is 6.94. The number of likely N-dealkylation sites (tertiary alicyclic amines) is 1. The van der Waals surface area contributed by atoms with E-state index < -0.39 is 0 Å². The summed E-state index contributed by atoms with van der Waals surface area (Å²) in [5.41, 5.74) is 1.81. The Bertz CT molecular complexity index is 748. The zero-order valence-electron chi connectivity index (χ0n) is 15.5. The number of hydrogen-bond donors (Lipinski definition) is 2. The lowest BCUT2D eigenvalue weighted by atomic mass is 10.0. The van der Waals surface area contributed by atoms with Crippen LogP contribution in [0.1, 0.15) is 30.0 Å². The van der Waals surface area contributed by atoms with Crippen molar-refractivity contribution in [2.45, 2.75) is 25.3 Å². The maximum absolute atomic E-state index is 12.9. The highest BCUT2D eigenvalue weighted by atomic mass is 35.5. The number of rotatable bonds is 6. The van der Waals surface area contributed by atoms with Crippen LogP contribution in [-0.4, -0.2) is 52.6 Å². The molecule has 1 aliphatic heterocycles. The van der Waals surface area contributed by atoms with Gasteiger partial charge in [0, 0.05) is 13.6 Å². The van der Waals surface area contributed by atoms with Crippen molar-refractivity contribution in [2.75, 3.05) is 26.7 Å². The summed E-state index contributed by atoms with van der Waals surface area (Å²) in [6.07, 6.45) is 2.62. The zero-order chi connectivity index (χ0) is 18.5. The van der Waals surface area contributed by atoms with Gasteiger partial charge in [-0.15, -0.1) is 12.4 Å². The first-order valence-corrected chi connectivity index (χ1v) is 9.08. The Balaban J connectivity index is 0.00000261. The summed E-state index contributed by atoms with van der Waals surface area (Å²) in [6, 6.07) is 14.6. The Kier molecular flexibility index (Phi) is 7.51. The number of carbonyl (C=O) groups excluding carboxylic acids is 1. The van der Waals surface area contributed by atoms with E-state index in [4.69, 9.17) is 0 Å². The Hall–Kier alpha value is -2.24. The minimum absolute atomic E-state index is 0. The molecule has 2 aromatic rings. The molecule has 5 nitrogen and oxygen atoms in total. The third-order valence-corrected chi connectivity index (χ3v) is 5.07. The van der Waals surface area contributed by atoms with Crippen LogP contribution in [0.5, 0.6) is 11.5 Å². The van der Waals surface area contributed by atoms with Crippen molar-refractivity contribution in [3.05, 3.63) is 59.7 Å². The number of halogens is 1. The molecular formula is C21H27ClN2O3. The van der Waals surface area contributed by atoms with Crippen molar-refractivity contribution < 1.29 is 15.0 Å². The van der Waals surface area contributed by atoms with E-state index in [0.717, 1.165) is 25.2 Å². The third kappa shape index (κ3) is 5.37. The third-order valence-electron chi connectivity index (χ3n) is 5.07. The van der Waals surface area contributed by atoms with Crippen LogP contribution in [0.15, 0.2) is 48.5 Å². The lowest BCUT2D eigenvalue weighted by molar-refractivity contribution is -0.131. The van der Waals surface area contributed by atoms with E-state index >= 15 is 0 Å². The fourth-order valence-corrected chi connectivity index (χ4v) is 3.49. The summed E-state index contributed by atoms with van der Waals surface area (Å²) >= 11 is 0. The Morgan fingerprint density at radius 3 is 2.37 bits per heavy atom. The zero-order valence-corrected chi connectivity index (χ0v) is 16.4. The summed E-state index contributed by atoms with van der Waals surface area (Å²) < 4.78 is 0. The van der Waals surface area contributed by atoms with Crippen LogP contribution in [0.3, 0.4) is 0 Å². The molecule has 0 saturated carbocycles. The van der Waals surface area contributed by atoms with Crippen molar-refractivity contribution in [1.29, 1.82) is 0 Å². The molecule has 2 N–H and O–H groups in total. The highest BCUT2D eigenvalue weighted by Crippen LogP contribution is 2.27. The lowest BCUT2D eigenvalue weighted by Gasteiger charge is -2.32. The number of carbonyl (C=O) groups is 1. The molecule has 1 aliphatic rings. The van der Waals surface area contributed by atoms with Crippen molar-refractivity contribution in [3.63, 3.8) is 0 Å². The Morgan fingerprint density at radius 1 is 1.07 bits per heavy atom. The first-order chi connectivity index (χ1) is 12.5. The van der Waals surface area contributed by atoms with E-state index in [-0.39, 0.29) is 42.3 Å². The van der Waals surface area contributed by atoms with E-state index in [1.165, 1.54) is 25.0 Å². The summed E-state index contributed by atoms with van der Waals surface area (Å²) in [5, 5.41) is 19.1. The van der Waals surface area contributed by atoms with Crippen LogP contribution >= 0.6 is 12.4 Å². The molecule has 0 bridgehead atoms. The van der Waals surface area contributed by atoms with Gasteiger partial charge in [-0.3, -0.25) is 4.79 Å². The van der Waals surface area contributed by atoms with E-state index in [2.05, 4.69) is 17.0 Å². The van der Waals surface area contributed by atoms with Gasteiger partial charge in [-0.05, 0) is 49.2 Å². The van der Waals surface area contributed by atoms with E-state index in [9.17, 15) is 15.0 Å². The molecule has 27 heavy (non-hydrogen) atoms. The van der Waals surface area contributed by atoms with Crippen molar-refractivity contribution in [2.24, 2.45) is 0 Å². The minimum atomic E-state index is -0.199. The molecule has 0 aromatic heterocycles. The molecule has 0 radical (unpaired) electrons. The predicted molar refractivity (Wildman–Crippen MR) is 108 cm³/mol. The van der Waals surface area contributed by atoms with Gasteiger partial charge < -0.3 is 20.0 Å². The molecule has 1 fully saturated rings. The first-order valence-electron chi connectivity index (χ1n) is 9.08. The van der Waals surface area contributed by atoms with Crippen molar-refractivity contribution >= 4 is 18.3 Å². The second-order valence-electron chi connectivity index (χ2n) is 6.94. The van der Waals surface area contributed by atoms with Crippen molar-refractivity contribution in [3.8, 4) is 11.5 Å². The minimum Gasteiger partial charge on any atom is -0.504 e. The molecule has 2 aromatic carbocycles. The average Bonchev–Trinajstić information content (AvgIpc) is 3.16. The maximum atomic E-state index is 12.9. The van der Waals surface area contributed by atoms with Gasteiger partial charge in [-0.25, -0.2) is 0 Å². The lowest BCUT2D eigenvalue weighted by Crippen LogP contribution is -2.39. The van der Waals surface area contributed by atoms with Gasteiger partial charge in [0.1, 0.15) is 0 Å². The monoisotopic (exact) mass is 390 g/mol. The molecule has 146 valence electrons. The van der Waals surface area contributed by atoms with Crippen LogP contribution < -0.4 is 0 Å². The standard InChI is InChI=1S/C21H26N2O3.ClH/c1-22(21(26)14-16-9-10-19(24)20(25)13-16)18(15-23-11-5-6-12-23)17-7-3-2-4-8-17;/h2-4,7-10,13,18,24-25H,5-6,11-12,14-15H2,1H3;1H. The van der Waals surface area contributed by atoms with Crippen LogP contribution in [0.4, 0.5) is 0 Å². The SMILES string of the molecule is CN(C(=O)Cc1ccc(O)c(O)c1)C(CN1CCCC1)c1ccccc1.Cl. The summed E-state index contributed by atoms with van der Waals surface area (Å²) in [7, 11) is 1.84. The van der Waals surface area contributed by atoms with Crippen LogP contribution in [-0.2, 0) is 11.2 Å². The van der Waals surface area contributed by atoms with Gasteiger partial charge in [0.2, 0.25) is 5.91 Å². The number of likely N-dealkylation sites (N-methyl/N-ethyl adjacent to an activating group) is 1. The highest BCUT2D eigenvalue weighted by Gasteiger charge is 2.25. The highest BCUT2D eigenvalue weighted by molar-refractivity contribution is 5.85. The average molecular weight is 391 g/mol. The summed E-state index contributed by atoms with van der Waals surface area (Å²) in [4.78, 5) is 17.1. The topological polar surface area (TPSA) is 64.0 Å². The number of amides is 1. The van der Waals surface area contributed by atoms with Gasteiger partial charge in [0.25, 0.3) is 0 Å². The van der Waals surface area contributed by atoms with Gasteiger partial charge in [0.15, 0.2) is 11.5 Å². The van der Waals surface area contributed by atoms with Gasteiger partial charge in [-0.2, -0.15) is 0 Å². The van der Waals surface area contributed by atoms with Crippen molar-refractivity contribution in [1.82, 2.24) is 9.80 Å². The number of hydrogen-bond acceptors (Lipinski definition) is 4. The largest absolute Gasteiger partial charge is 0.504 e. The van der Waals surface area contributed by atoms with Crippen LogP contribution in [0, 0.1) is 0 Å². The number of phenols is 2. The molecule has 1 amide bonds. The summed E-state index contributed by atoms with van der Waals surface area (Å²) in [6.45, 7) is 2.99.